The molecular formula is C12H20O2Si. The Labute approximate surface area is 94.4 Å². The molecule has 0 spiro atoms. The summed E-state index contributed by atoms with van der Waals surface area (Å²) in [6.45, 7) is 7.63. The van der Waals surface area contributed by atoms with Crippen molar-refractivity contribution in [1.82, 2.24) is 0 Å². The molecule has 2 nitrogen and oxygen atoms in total. The third kappa shape index (κ3) is 4.16. The molecule has 0 heterocycles. The smallest absolute Gasteiger partial charge is 0.139 e. The predicted molar refractivity (Wildman–Crippen MR) is 66.4 cm³/mol. The highest BCUT2D eigenvalue weighted by atomic mass is 28.2. The van der Waals surface area contributed by atoms with E-state index in [2.05, 4.69) is 31.2 Å². The highest BCUT2D eigenvalue weighted by Gasteiger charge is 2.10. The maximum Gasteiger partial charge on any atom is 0.139 e. The standard InChI is InChI=1S/C12H20O2Si/c1-4-13-12(14-5-2)15-11-9-7-6-8-10(11)3/h6-9,12H,4-5,15H2,1-3H3. The van der Waals surface area contributed by atoms with Crippen molar-refractivity contribution in [2.75, 3.05) is 13.2 Å². The number of benzene rings is 1. The molecule has 0 bridgehead atoms. The van der Waals surface area contributed by atoms with Crippen LogP contribution in [0.4, 0.5) is 0 Å². The Morgan fingerprint density at radius 1 is 1.13 bits per heavy atom. The van der Waals surface area contributed by atoms with Crippen LogP contribution in [0.25, 0.3) is 0 Å². The fourth-order valence-electron chi connectivity index (χ4n) is 1.56. The molecule has 0 radical (unpaired) electrons. The van der Waals surface area contributed by atoms with Crippen molar-refractivity contribution in [3.63, 3.8) is 0 Å². The Bertz CT molecular complexity index is 283. The van der Waals surface area contributed by atoms with Crippen molar-refractivity contribution in [3.05, 3.63) is 29.8 Å². The predicted octanol–water partition coefficient (Wildman–Crippen LogP) is 1.15. The van der Waals surface area contributed by atoms with E-state index in [1.807, 2.05) is 13.8 Å². The average Bonchev–Trinajstić information content (AvgIpc) is 2.22. The van der Waals surface area contributed by atoms with Gasteiger partial charge in [-0.1, -0.05) is 35.0 Å². The molecule has 0 aliphatic carbocycles. The lowest BCUT2D eigenvalue weighted by Crippen LogP contribution is -2.34. The van der Waals surface area contributed by atoms with Gasteiger partial charge in [-0.05, 0) is 20.8 Å². The second-order valence-corrected chi connectivity index (χ2v) is 5.31. The molecule has 0 amide bonds. The first-order valence-corrected chi connectivity index (χ1v) is 7.08. The van der Waals surface area contributed by atoms with Crippen molar-refractivity contribution in [2.45, 2.75) is 26.7 Å². The first-order chi connectivity index (χ1) is 7.27. The topological polar surface area (TPSA) is 18.5 Å². The number of rotatable bonds is 6. The molecule has 0 aliphatic heterocycles. The maximum atomic E-state index is 5.58. The van der Waals surface area contributed by atoms with Crippen LogP contribution < -0.4 is 5.19 Å². The van der Waals surface area contributed by atoms with E-state index in [1.54, 1.807) is 0 Å². The number of ether oxygens (including phenoxy) is 2. The highest BCUT2D eigenvalue weighted by molar-refractivity contribution is 6.54. The van der Waals surface area contributed by atoms with Crippen LogP contribution in [0.5, 0.6) is 0 Å². The molecule has 0 aliphatic rings. The van der Waals surface area contributed by atoms with Crippen LogP contribution in [-0.2, 0) is 9.47 Å². The summed E-state index contributed by atoms with van der Waals surface area (Å²) in [5.74, 6) is 0.0288. The molecule has 0 saturated heterocycles. The third-order valence-electron chi connectivity index (χ3n) is 2.35. The largest absolute Gasteiger partial charge is 0.357 e. The molecule has 84 valence electrons. The SMILES string of the molecule is CCOC(OCC)[SiH2]c1ccccc1C. The van der Waals surface area contributed by atoms with E-state index in [0.29, 0.717) is 0 Å². The van der Waals surface area contributed by atoms with Gasteiger partial charge < -0.3 is 9.47 Å². The monoisotopic (exact) mass is 224 g/mol. The summed E-state index contributed by atoms with van der Waals surface area (Å²) in [7, 11) is -0.493. The Balaban J connectivity index is 2.60. The van der Waals surface area contributed by atoms with Crippen LogP contribution in [0.1, 0.15) is 19.4 Å². The van der Waals surface area contributed by atoms with Crippen LogP contribution in [0.3, 0.4) is 0 Å². The van der Waals surface area contributed by atoms with Gasteiger partial charge in [0.05, 0.1) is 0 Å². The molecule has 0 atom stereocenters. The Kier molecular flexibility index (Phi) is 5.61. The lowest BCUT2D eigenvalue weighted by Gasteiger charge is -2.17. The summed E-state index contributed by atoms with van der Waals surface area (Å²) < 4.78 is 11.2. The van der Waals surface area contributed by atoms with Crippen LogP contribution in [-0.4, -0.2) is 28.6 Å². The number of hydrogen-bond donors (Lipinski definition) is 0. The first-order valence-electron chi connectivity index (χ1n) is 5.55. The summed E-state index contributed by atoms with van der Waals surface area (Å²) >= 11 is 0. The quantitative estimate of drug-likeness (QED) is 0.533. The average molecular weight is 224 g/mol. The van der Waals surface area contributed by atoms with E-state index in [-0.39, 0.29) is 5.91 Å². The number of aryl methyl sites for hydroxylation is 1. The van der Waals surface area contributed by atoms with Gasteiger partial charge in [0.25, 0.3) is 0 Å². The normalized spacial score (nSPS) is 11.7. The second kappa shape index (κ2) is 6.77. The van der Waals surface area contributed by atoms with E-state index in [4.69, 9.17) is 9.47 Å². The lowest BCUT2D eigenvalue weighted by molar-refractivity contribution is -0.0817. The molecule has 3 heteroatoms. The van der Waals surface area contributed by atoms with Crippen molar-refractivity contribution < 1.29 is 9.47 Å². The van der Waals surface area contributed by atoms with Crippen molar-refractivity contribution in [2.24, 2.45) is 0 Å². The van der Waals surface area contributed by atoms with Crippen molar-refractivity contribution >= 4 is 14.7 Å². The first kappa shape index (κ1) is 12.4. The van der Waals surface area contributed by atoms with E-state index in [0.717, 1.165) is 13.2 Å². The zero-order valence-electron chi connectivity index (χ0n) is 9.82. The minimum absolute atomic E-state index is 0.0288. The fraction of sp³-hybridized carbons (Fsp3) is 0.500. The van der Waals surface area contributed by atoms with Gasteiger partial charge in [-0.3, -0.25) is 0 Å². The van der Waals surface area contributed by atoms with E-state index < -0.39 is 9.52 Å². The molecule has 0 N–H and O–H groups in total. The van der Waals surface area contributed by atoms with Gasteiger partial charge in [-0.25, -0.2) is 0 Å². The van der Waals surface area contributed by atoms with Crippen molar-refractivity contribution in [3.8, 4) is 0 Å². The van der Waals surface area contributed by atoms with E-state index in [9.17, 15) is 0 Å². The summed E-state index contributed by atoms with van der Waals surface area (Å²) in [5.41, 5.74) is 1.36. The van der Waals surface area contributed by atoms with E-state index in [1.165, 1.54) is 10.8 Å². The van der Waals surface area contributed by atoms with Crippen molar-refractivity contribution in [1.29, 1.82) is 0 Å². The van der Waals surface area contributed by atoms with Gasteiger partial charge in [0.1, 0.15) is 15.4 Å². The third-order valence-corrected chi connectivity index (χ3v) is 4.39. The van der Waals surface area contributed by atoms with Gasteiger partial charge in [0, 0.05) is 13.2 Å². The van der Waals surface area contributed by atoms with Crippen LogP contribution in [0.15, 0.2) is 24.3 Å². The molecule has 1 aromatic carbocycles. The van der Waals surface area contributed by atoms with Gasteiger partial charge in [-0.15, -0.1) is 0 Å². The lowest BCUT2D eigenvalue weighted by atomic mass is 10.2. The summed E-state index contributed by atoms with van der Waals surface area (Å²) in [6, 6.07) is 8.50. The minimum Gasteiger partial charge on any atom is -0.357 e. The highest BCUT2D eigenvalue weighted by Crippen LogP contribution is 1.97. The molecule has 1 rings (SSSR count). The fourth-order valence-corrected chi connectivity index (χ4v) is 3.33. The maximum absolute atomic E-state index is 5.58. The van der Waals surface area contributed by atoms with E-state index >= 15 is 0 Å². The molecular weight excluding hydrogens is 204 g/mol. The summed E-state index contributed by atoms with van der Waals surface area (Å²) in [6.07, 6.45) is 0. The zero-order valence-corrected chi connectivity index (χ0v) is 11.2. The molecule has 0 fully saturated rings. The Morgan fingerprint density at radius 3 is 2.27 bits per heavy atom. The van der Waals surface area contributed by atoms with Gasteiger partial charge in [0.15, 0.2) is 0 Å². The minimum atomic E-state index is -0.493. The summed E-state index contributed by atoms with van der Waals surface area (Å²) in [5, 5.41) is 1.43. The zero-order chi connectivity index (χ0) is 11.1. The Morgan fingerprint density at radius 2 is 1.73 bits per heavy atom. The van der Waals surface area contributed by atoms with Gasteiger partial charge >= 0.3 is 0 Å². The molecule has 1 aromatic rings. The van der Waals surface area contributed by atoms with Gasteiger partial charge in [-0.2, -0.15) is 0 Å². The Hall–Kier alpha value is -0.643. The summed E-state index contributed by atoms with van der Waals surface area (Å²) in [4.78, 5) is 0. The molecule has 15 heavy (non-hydrogen) atoms. The van der Waals surface area contributed by atoms with Crippen LogP contribution in [0, 0.1) is 6.92 Å². The molecule has 0 unspecified atom stereocenters. The molecule has 0 aromatic heterocycles. The molecule has 0 saturated carbocycles. The van der Waals surface area contributed by atoms with Crippen LogP contribution in [0.2, 0.25) is 0 Å². The van der Waals surface area contributed by atoms with Crippen LogP contribution >= 0.6 is 0 Å². The second-order valence-electron chi connectivity index (χ2n) is 3.47. The number of hydrogen-bond acceptors (Lipinski definition) is 2. The van der Waals surface area contributed by atoms with Gasteiger partial charge in [0.2, 0.25) is 0 Å².